The molecule has 0 spiro atoms. The number of carbonyl (C=O) groups is 2. The lowest BCUT2D eigenvalue weighted by Crippen LogP contribution is -2.60. The van der Waals surface area contributed by atoms with Gasteiger partial charge in [-0.3, -0.25) is 9.59 Å². The second-order valence-corrected chi connectivity index (χ2v) is 8.34. The Labute approximate surface area is 137 Å². The van der Waals surface area contributed by atoms with Gasteiger partial charge in [-0.1, -0.05) is 19.3 Å². The first-order valence-corrected chi connectivity index (χ1v) is 9.07. The fourth-order valence-corrected chi connectivity index (χ4v) is 4.86. The molecule has 1 aromatic rings. The molecule has 1 saturated heterocycles. The van der Waals surface area contributed by atoms with Crippen molar-refractivity contribution in [3.63, 3.8) is 0 Å². The number of hydrogen-bond donors (Lipinski definition) is 1. The Hall–Kier alpha value is -0.880. The van der Waals surface area contributed by atoms with Crippen LogP contribution >= 0.6 is 27.3 Å². The number of hydrogen-bond acceptors (Lipinski definition) is 3. The Kier molecular flexibility index (Phi) is 4.64. The van der Waals surface area contributed by atoms with Crippen LogP contribution in [0.3, 0.4) is 0 Å². The van der Waals surface area contributed by atoms with Crippen molar-refractivity contribution in [2.45, 2.75) is 44.7 Å². The third-order valence-electron chi connectivity index (χ3n) is 4.39. The first kappa shape index (κ1) is 15.0. The number of carbonyl (C=O) groups excluding carboxylic acids is 2. The summed E-state index contributed by atoms with van der Waals surface area (Å²) in [5.74, 6) is 0.373. The number of nitrogens with one attached hydrogen (secondary N) is 1. The molecule has 1 aliphatic carbocycles. The van der Waals surface area contributed by atoms with E-state index >= 15 is 0 Å². The summed E-state index contributed by atoms with van der Waals surface area (Å²) in [6.45, 7) is 0.679. The monoisotopic (exact) mass is 370 g/mol. The molecule has 0 aromatic carbocycles. The van der Waals surface area contributed by atoms with Gasteiger partial charge in [0.15, 0.2) is 0 Å². The molecule has 6 heteroatoms. The summed E-state index contributed by atoms with van der Waals surface area (Å²) in [6, 6.07) is 3.73. The Morgan fingerprint density at radius 1 is 1.24 bits per heavy atom. The summed E-state index contributed by atoms with van der Waals surface area (Å²) in [6.07, 6.45) is 5.69. The van der Waals surface area contributed by atoms with Gasteiger partial charge in [-0.15, -0.1) is 11.3 Å². The minimum Gasteiger partial charge on any atom is -0.345 e. The second-order valence-electron chi connectivity index (χ2n) is 5.79. The van der Waals surface area contributed by atoms with Gasteiger partial charge in [0.25, 0.3) is 0 Å². The van der Waals surface area contributed by atoms with Crippen LogP contribution in [-0.4, -0.2) is 29.3 Å². The molecule has 1 aromatic heterocycles. The maximum absolute atomic E-state index is 12.3. The molecule has 21 heavy (non-hydrogen) atoms. The second kappa shape index (κ2) is 6.48. The van der Waals surface area contributed by atoms with Crippen molar-refractivity contribution in [2.24, 2.45) is 5.92 Å². The first-order valence-electron chi connectivity index (χ1n) is 7.46. The number of piperazine rings is 1. The fourth-order valence-electron chi connectivity index (χ4n) is 3.38. The predicted molar refractivity (Wildman–Crippen MR) is 85.9 cm³/mol. The van der Waals surface area contributed by atoms with E-state index in [1.54, 1.807) is 16.2 Å². The molecule has 2 heterocycles. The van der Waals surface area contributed by atoms with Crippen LogP contribution in [0.2, 0.25) is 0 Å². The van der Waals surface area contributed by atoms with Gasteiger partial charge < -0.3 is 10.2 Å². The lowest BCUT2D eigenvalue weighted by atomic mass is 9.82. The zero-order valence-corrected chi connectivity index (χ0v) is 14.2. The van der Waals surface area contributed by atoms with Crippen molar-refractivity contribution in [3.05, 3.63) is 20.8 Å². The average molecular weight is 371 g/mol. The molecule has 2 amide bonds. The van der Waals surface area contributed by atoms with Crippen molar-refractivity contribution < 1.29 is 9.59 Å². The maximum Gasteiger partial charge on any atom is 0.243 e. The van der Waals surface area contributed by atoms with E-state index in [1.807, 2.05) is 12.1 Å². The summed E-state index contributed by atoms with van der Waals surface area (Å²) < 4.78 is 1.06. The van der Waals surface area contributed by atoms with Gasteiger partial charge in [0.1, 0.15) is 6.04 Å². The minimum atomic E-state index is -0.285. The Morgan fingerprint density at radius 3 is 2.67 bits per heavy atom. The predicted octanol–water partition coefficient (Wildman–Crippen LogP) is 2.92. The normalized spacial score (nSPS) is 24.2. The van der Waals surface area contributed by atoms with Crippen molar-refractivity contribution in [3.8, 4) is 0 Å². The summed E-state index contributed by atoms with van der Waals surface area (Å²) in [5.41, 5.74) is 0. The lowest BCUT2D eigenvalue weighted by Gasteiger charge is -2.40. The van der Waals surface area contributed by atoms with Gasteiger partial charge in [0, 0.05) is 4.88 Å². The highest BCUT2D eigenvalue weighted by atomic mass is 79.9. The maximum atomic E-state index is 12.3. The van der Waals surface area contributed by atoms with Gasteiger partial charge in [-0.05, 0) is 46.8 Å². The Balaban J connectivity index is 1.81. The van der Waals surface area contributed by atoms with Crippen molar-refractivity contribution in [1.29, 1.82) is 0 Å². The van der Waals surface area contributed by atoms with Gasteiger partial charge in [-0.25, -0.2) is 0 Å². The molecule has 1 N–H and O–H groups in total. The van der Waals surface area contributed by atoms with E-state index in [9.17, 15) is 9.59 Å². The van der Waals surface area contributed by atoms with Crippen molar-refractivity contribution in [1.82, 2.24) is 10.2 Å². The largest absolute Gasteiger partial charge is 0.345 e. The fraction of sp³-hybridized carbons (Fsp3) is 0.600. The Bertz CT molecular complexity index is 540. The average Bonchev–Trinajstić information content (AvgIpc) is 2.89. The number of thiophene rings is 1. The van der Waals surface area contributed by atoms with Crippen molar-refractivity contribution >= 4 is 39.1 Å². The van der Waals surface area contributed by atoms with Crippen LogP contribution in [-0.2, 0) is 16.1 Å². The van der Waals surface area contributed by atoms with Crippen LogP contribution in [0.15, 0.2) is 15.9 Å². The molecule has 3 rings (SSSR count). The number of halogens is 1. The summed E-state index contributed by atoms with van der Waals surface area (Å²) in [7, 11) is 0. The quantitative estimate of drug-likeness (QED) is 0.888. The van der Waals surface area contributed by atoms with Crippen LogP contribution in [0.25, 0.3) is 0 Å². The third kappa shape index (κ3) is 3.31. The van der Waals surface area contributed by atoms with Gasteiger partial charge >= 0.3 is 0 Å². The topological polar surface area (TPSA) is 49.4 Å². The highest BCUT2D eigenvalue weighted by molar-refractivity contribution is 9.11. The molecular weight excluding hydrogens is 352 g/mol. The number of nitrogens with zero attached hydrogens (tertiary/aromatic N) is 1. The van der Waals surface area contributed by atoms with E-state index in [2.05, 4.69) is 21.2 Å². The van der Waals surface area contributed by atoms with Gasteiger partial charge in [-0.2, -0.15) is 0 Å². The molecular formula is C15H19BrN2O2S. The molecule has 1 unspecified atom stereocenters. The zero-order chi connectivity index (χ0) is 14.8. The molecule has 0 radical (unpaired) electrons. The number of rotatable bonds is 3. The zero-order valence-electron chi connectivity index (χ0n) is 11.8. The van der Waals surface area contributed by atoms with E-state index in [0.29, 0.717) is 12.5 Å². The Morgan fingerprint density at radius 2 is 2.00 bits per heavy atom. The molecule has 114 valence electrons. The molecule has 0 bridgehead atoms. The van der Waals surface area contributed by atoms with Crippen LogP contribution in [0.5, 0.6) is 0 Å². The lowest BCUT2D eigenvalue weighted by molar-refractivity contribution is -0.149. The standard InChI is InChI=1S/C15H19BrN2O2S/c16-12-7-6-11(21-12)9-18-13(19)8-17-15(20)14(18)10-4-2-1-3-5-10/h6-7,10,14H,1-5,8-9H2,(H,17,20). The smallest absolute Gasteiger partial charge is 0.243 e. The van der Waals surface area contributed by atoms with E-state index in [0.717, 1.165) is 21.5 Å². The van der Waals surface area contributed by atoms with Crippen LogP contribution in [0.1, 0.15) is 37.0 Å². The summed E-state index contributed by atoms with van der Waals surface area (Å²) in [5, 5.41) is 2.76. The molecule has 2 aliphatic rings. The third-order valence-corrected chi connectivity index (χ3v) is 6.00. The molecule has 1 aliphatic heterocycles. The molecule has 1 atom stereocenters. The highest BCUT2D eigenvalue weighted by Crippen LogP contribution is 2.32. The molecule has 4 nitrogen and oxygen atoms in total. The van der Waals surface area contributed by atoms with Crippen LogP contribution < -0.4 is 5.32 Å². The van der Waals surface area contributed by atoms with E-state index in [1.165, 1.54) is 19.3 Å². The SMILES string of the molecule is O=C1NCC(=O)N(Cc2ccc(Br)s2)C1C1CCCCC1. The van der Waals surface area contributed by atoms with E-state index in [4.69, 9.17) is 0 Å². The van der Waals surface area contributed by atoms with E-state index in [-0.39, 0.29) is 24.4 Å². The first-order chi connectivity index (χ1) is 10.1. The summed E-state index contributed by atoms with van der Waals surface area (Å²) in [4.78, 5) is 27.6. The highest BCUT2D eigenvalue weighted by Gasteiger charge is 2.40. The minimum absolute atomic E-state index is 0.0251. The van der Waals surface area contributed by atoms with Crippen LogP contribution in [0, 0.1) is 5.92 Å². The van der Waals surface area contributed by atoms with Gasteiger partial charge in [0.2, 0.25) is 11.8 Å². The molecule has 2 fully saturated rings. The van der Waals surface area contributed by atoms with Gasteiger partial charge in [0.05, 0.1) is 16.9 Å². The number of amides is 2. The van der Waals surface area contributed by atoms with Crippen molar-refractivity contribution in [2.75, 3.05) is 6.54 Å². The van der Waals surface area contributed by atoms with E-state index < -0.39 is 0 Å². The summed E-state index contributed by atoms with van der Waals surface area (Å²) >= 11 is 5.08. The van der Waals surface area contributed by atoms with Crippen LogP contribution in [0.4, 0.5) is 0 Å². The molecule has 1 saturated carbocycles.